The second-order valence-electron chi connectivity index (χ2n) is 12.5. The van der Waals surface area contributed by atoms with Gasteiger partial charge in [-0.3, -0.25) is 0 Å². The molecule has 0 N–H and O–H groups in total. The lowest BCUT2D eigenvalue weighted by molar-refractivity contribution is 0.809. The van der Waals surface area contributed by atoms with Crippen molar-refractivity contribution >= 4 is 32.3 Å². The van der Waals surface area contributed by atoms with E-state index in [0.717, 1.165) is 0 Å². The fourth-order valence-corrected chi connectivity index (χ4v) is 8.66. The molecular formula is C44H28. The zero-order chi connectivity index (χ0) is 29.0. The highest BCUT2D eigenvalue weighted by atomic mass is 14.5. The average molecular weight is 557 g/mol. The van der Waals surface area contributed by atoms with Gasteiger partial charge in [0, 0.05) is 0 Å². The summed E-state index contributed by atoms with van der Waals surface area (Å²) < 4.78 is 0. The Morgan fingerprint density at radius 3 is 1.73 bits per heavy atom. The Labute approximate surface area is 256 Å². The van der Waals surface area contributed by atoms with Crippen LogP contribution in [-0.2, 0) is 5.41 Å². The molecular weight excluding hydrogens is 528 g/mol. The molecule has 10 rings (SSSR count). The summed E-state index contributed by atoms with van der Waals surface area (Å²) in [5.74, 6) is 0. The molecule has 2 aliphatic carbocycles. The van der Waals surface area contributed by atoms with Crippen molar-refractivity contribution in [2.24, 2.45) is 0 Å². The van der Waals surface area contributed by atoms with E-state index in [9.17, 15) is 0 Å². The van der Waals surface area contributed by atoms with Gasteiger partial charge in [-0.05, 0) is 101 Å². The highest BCUT2D eigenvalue weighted by Crippen LogP contribution is 2.66. The first-order valence-corrected chi connectivity index (χ1v) is 15.5. The van der Waals surface area contributed by atoms with Crippen LogP contribution in [0.15, 0.2) is 152 Å². The molecule has 0 bridgehead atoms. The number of aryl methyl sites for hydroxylation is 1. The minimum Gasteiger partial charge on any atom is -0.0619 e. The first-order valence-electron chi connectivity index (χ1n) is 15.5. The second kappa shape index (κ2) is 8.56. The van der Waals surface area contributed by atoms with Gasteiger partial charge in [0.25, 0.3) is 0 Å². The highest BCUT2D eigenvalue weighted by molar-refractivity contribution is 6.21. The van der Waals surface area contributed by atoms with Crippen LogP contribution in [0.5, 0.6) is 0 Å². The molecule has 2 aliphatic rings. The first kappa shape index (κ1) is 24.0. The Bertz CT molecular complexity index is 2470. The van der Waals surface area contributed by atoms with Crippen molar-refractivity contribution < 1.29 is 0 Å². The van der Waals surface area contributed by atoms with E-state index in [2.05, 4.69) is 159 Å². The maximum Gasteiger partial charge on any atom is 0.0737 e. The lowest BCUT2D eigenvalue weighted by Crippen LogP contribution is -2.26. The van der Waals surface area contributed by atoms with Crippen LogP contribution in [0, 0.1) is 6.92 Å². The standard InChI is InChI=1S/C44H28/c1-27-11-10-12-28(25-27)29-21-23-31-30(26-29)22-24-38-41-36-17-4-2-13-32(36)33-14-3-5-18-37(33)43(41)44(42(31)38)39-19-8-6-15-34(39)35-16-7-9-20-40(35)44/h2-26H,1H3. The number of benzene rings is 8. The summed E-state index contributed by atoms with van der Waals surface area (Å²) in [6, 6.07) is 57.1. The maximum absolute atomic E-state index is 2.41. The minimum atomic E-state index is -0.425. The van der Waals surface area contributed by atoms with Crippen molar-refractivity contribution in [3.63, 3.8) is 0 Å². The predicted molar refractivity (Wildman–Crippen MR) is 185 cm³/mol. The van der Waals surface area contributed by atoms with Gasteiger partial charge in [-0.25, -0.2) is 0 Å². The lowest BCUT2D eigenvalue weighted by Gasteiger charge is -2.32. The van der Waals surface area contributed by atoms with E-state index in [1.54, 1.807) is 0 Å². The summed E-state index contributed by atoms with van der Waals surface area (Å²) in [7, 11) is 0. The van der Waals surface area contributed by atoms with Crippen molar-refractivity contribution in [1.82, 2.24) is 0 Å². The largest absolute Gasteiger partial charge is 0.0737 e. The van der Waals surface area contributed by atoms with Crippen LogP contribution in [0.4, 0.5) is 0 Å². The number of fused-ring (bicyclic) bond motifs is 17. The molecule has 0 saturated heterocycles. The quantitative estimate of drug-likeness (QED) is 0.176. The van der Waals surface area contributed by atoms with Gasteiger partial charge in [0.15, 0.2) is 0 Å². The van der Waals surface area contributed by atoms with E-state index in [-0.39, 0.29) is 0 Å². The Morgan fingerprint density at radius 1 is 0.386 bits per heavy atom. The van der Waals surface area contributed by atoms with Gasteiger partial charge in [-0.15, -0.1) is 0 Å². The van der Waals surface area contributed by atoms with Gasteiger partial charge < -0.3 is 0 Å². The van der Waals surface area contributed by atoms with E-state index >= 15 is 0 Å². The van der Waals surface area contributed by atoms with Crippen LogP contribution < -0.4 is 0 Å². The van der Waals surface area contributed by atoms with E-state index in [1.165, 1.54) is 93.5 Å². The molecule has 0 atom stereocenters. The molecule has 0 radical (unpaired) electrons. The van der Waals surface area contributed by atoms with Gasteiger partial charge in [-0.1, -0.05) is 151 Å². The molecule has 0 heteroatoms. The van der Waals surface area contributed by atoms with Crippen molar-refractivity contribution in [3.05, 3.63) is 179 Å². The van der Waals surface area contributed by atoms with Crippen LogP contribution in [0.3, 0.4) is 0 Å². The maximum atomic E-state index is 2.41. The molecule has 0 saturated carbocycles. The van der Waals surface area contributed by atoms with E-state index in [0.29, 0.717) is 0 Å². The van der Waals surface area contributed by atoms with Gasteiger partial charge in [-0.2, -0.15) is 0 Å². The summed E-state index contributed by atoms with van der Waals surface area (Å²) >= 11 is 0. The minimum absolute atomic E-state index is 0.425. The van der Waals surface area contributed by atoms with E-state index in [4.69, 9.17) is 0 Å². The fourth-order valence-electron chi connectivity index (χ4n) is 8.66. The first-order chi connectivity index (χ1) is 21.7. The van der Waals surface area contributed by atoms with Gasteiger partial charge in [0.2, 0.25) is 0 Å². The number of hydrogen-bond donors (Lipinski definition) is 0. The zero-order valence-electron chi connectivity index (χ0n) is 24.4. The SMILES string of the molecule is Cc1cccc(-c2ccc3c4c(ccc3c2)-c2c(c3ccccc3c3ccccc23)C42c3ccccc3-c3ccccc32)c1. The van der Waals surface area contributed by atoms with Crippen LogP contribution in [0.1, 0.15) is 27.8 Å². The summed E-state index contributed by atoms with van der Waals surface area (Å²) in [5.41, 5.74) is 14.4. The van der Waals surface area contributed by atoms with Crippen LogP contribution in [0.25, 0.3) is 65.7 Å². The molecule has 204 valence electrons. The summed E-state index contributed by atoms with van der Waals surface area (Å²) in [6.45, 7) is 2.17. The van der Waals surface area contributed by atoms with Crippen molar-refractivity contribution in [2.75, 3.05) is 0 Å². The smallest absolute Gasteiger partial charge is 0.0619 e. The molecule has 0 amide bonds. The third-order valence-corrected chi connectivity index (χ3v) is 10.3. The van der Waals surface area contributed by atoms with Gasteiger partial charge in [0.05, 0.1) is 5.41 Å². The molecule has 8 aromatic rings. The molecule has 0 fully saturated rings. The van der Waals surface area contributed by atoms with Crippen LogP contribution in [-0.4, -0.2) is 0 Å². The summed E-state index contributed by atoms with van der Waals surface area (Å²) in [5, 5.41) is 7.92. The summed E-state index contributed by atoms with van der Waals surface area (Å²) in [4.78, 5) is 0. The monoisotopic (exact) mass is 556 g/mol. The van der Waals surface area contributed by atoms with E-state index < -0.39 is 5.41 Å². The van der Waals surface area contributed by atoms with Crippen LogP contribution >= 0.6 is 0 Å². The molecule has 0 aliphatic heterocycles. The number of hydrogen-bond acceptors (Lipinski definition) is 0. The molecule has 44 heavy (non-hydrogen) atoms. The van der Waals surface area contributed by atoms with Gasteiger partial charge >= 0.3 is 0 Å². The van der Waals surface area contributed by atoms with Crippen molar-refractivity contribution in [2.45, 2.75) is 12.3 Å². The highest BCUT2D eigenvalue weighted by Gasteiger charge is 2.53. The third-order valence-electron chi connectivity index (χ3n) is 10.3. The Hall–Kier alpha value is -5.46. The number of rotatable bonds is 1. The Balaban J connectivity index is 1.44. The molecule has 0 heterocycles. The normalized spacial score (nSPS) is 13.8. The Morgan fingerprint density at radius 2 is 1.00 bits per heavy atom. The molecule has 0 unspecified atom stereocenters. The predicted octanol–water partition coefficient (Wildman–Crippen LogP) is 11.5. The van der Waals surface area contributed by atoms with Crippen molar-refractivity contribution in [3.8, 4) is 33.4 Å². The molecule has 0 aromatic heterocycles. The fraction of sp³-hybridized carbons (Fsp3) is 0.0455. The van der Waals surface area contributed by atoms with Crippen LogP contribution in [0.2, 0.25) is 0 Å². The summed E-state index contributed by atoms with van der Waals surface area (Å²) in [6.07, 6.45) is 0. The van der Waals surface area contributed by atoms with Crippen molar-refractivity contribution in [1.29, 1.82) is 0 Å². The molecule has 0 nitrogen and oxygen atoms in total. The van der Waals surface area contributed by atoms with Gasteiger partial charge in [0.1, 0.15) is 0 Å². The second-order valence-corrected chi connectivity index (χ2v) is 12.5. The van der Waals surface area contributed by atoms with E-state index in [1.807, 2.05) is 0 Å². The lowest BCUT2D eigenvalue weighted by atomic mass is 9.68. The zero-order valence-corrected chi connectivity index (χ0v) is 24.4. The average Bonchev–Trinajstić information content (AvgIpc) is 3.56. The Kier molecular flexibility index (Phi) is 4.67. The molecule has 1 spiro atoms. The third kappa shape index (κ3) is 2.88. The topological polar surface area (TPSA) is 0 Å². The molecule has 8 aromatic carbocycles.